The maximum Gasteiger partial charge on any atom is 0.220 e. The van der Waals surface area contributed by atoms with Crippen LogP contribution in [0.3, 0.4) is 0 Å². The highest BCUT2D eigenvalue weighted by atomic mass is 16.1. The lowest BCUT2D eigenvalue weighted by Gasteiger charge is -2.19. The van der Waals surface area contributed by atoms with Gasteiger partial charge in [-0.25, -0.2) is 0 Å². The summed E-state index contributed by atoms with van der Waals surface area (Å²) >= 11 is 0. The molecular weight excluding hydrogens is 276 g/mol. The van der Waals surface area contributed by atoms with E-state index in [1.54, 1.807) is 4.68 Å². The van der Waals surface area contributed by atoms with Crippen LogP contribution in [0.1, 0.15) is 62.7 Å². The summed E-state index contributed by atoms with van der Waals surface area (Å²) in [5.74, 6) is 0.144. The first-order chi connectivity index (χ1) is 10.6. The van der Waals surface area contributed by atoms with E-state index in [0.29, 0.717) is 6.42 Å². The van der Waals surface area contributed by atoms with Gasteiger partial charge in [-0.1, -0.05) is 12.8 Å². The molecule has 2 rings (SSSR count). The normalized spacial score (nSPS) is 18.0. The molecule has 1 N–H and O–H groups in total. The molecule has 0 saturated carbocycles. The third-order valence-corrected chi connectivity index (χ3v) is 4.47. The zero-order valence-electron chi connectivity index (χ0n) is 14.3. The van der Waals surface area contributed by atoms with E-state index < -0.39 is 0 Å². The summed E-state index contributed by atoms with van der Waals surface area (Å²) in [5, 5.41) is 7.42. The molecule has 22 heavy (non-hydrogen) atoms. The van der Waals surface area contributed by atoms with Gasteiger partial charge < -0.3 is 10.2 Å². The molecule has 0 unspecified atom stereocenters. The molecule has 5 heteroatoms. The Morgan fingerprint density at radius 3 is 2.59 bits per heavy atom. The first-order valence-corrected chi connectivity index (χ1v) is 8.58. The van der Waals surface area contributed by atoms with E-state index in [2.05, 4.69) is 15.3 Å². The minimum atomic E-state index is 0.0272. The Morgan fingerprint density at radius 2 is 2.00 bits per heavy atom. The predicted octanol–water partition coefficient (Wildman–Crippen LogP) is 2.56. The van der Waals surface area contributed by atoms with Crippen molar-refractivity contribution in [2.45, 2.75) is 58.4 Å². The highest BCUT2D eigenvalue weighted by Crippen LogP contribution is 2.16. The van der Waals surface area contributed by atoms with Crippen molar-refractivity contribution in [3.8, 4) is 0 Å². The molecule has 1 aromatic rings. The Kier molecular flexibility index (Phi) is 6.43. The number of carbonyl (C=O) groups excluding carboxylic acids is 1. The lowest BCUT2D eigenvalue weighted by molar-refractivity contribution is -0.121. The van der Waals surface area contributed by atoms with Crippen molar-refractivity contribution in [1.29, 1.82) is 0 Å². The molecular formula is C17H30N4O. The monoisotopic (exact) mass is 306 g/mol. The Labute approximate surface area is 134 Å². The van der Waals surface area contributed by atoms with Gasteiger partial charge in [0.25, 0.3) is 0 Å². The van der Waals surface area contributed by atoms with Crippen LogP contribution in [0.25, 0.3) is 0 Å². The topological polar surface area (TPSA) is 50.2 Å². The number of rotatable bonds is 6. The summed E-state index contributed by atoms with van der Waals surface area (Å²) in [6.45, 7) is 7.46. The van der Waals surface area contributed by atoms with E-state index >= 15 is 0 Å². The van der Waals surface area contributed by atoms with Crippen LogP contribution >= 0.6 is 0 Å². The van der Waals surface area contributed by atoms with Crippen molar-refractivity contribution >= 4 is 5.91 Å². The molecule has 0 bridgehead atoms. The molecule has 1 fully saturated rings. The van der Waals surface area contributed by atoms with Crippen LogP contribution in [0.4, 0.5) is 0 Å². The Balaban J connectivity index is 1.70. The fraction of sp³-hybridized carbons (Fsp3) is 0.765. The zero-order valence-corrected chi connectivity index (χ0v) is 14.3. The maximum atomic E-state index is 12.1. The summed E-state index contributed by atoms with van der Waals surface area (Å²) in [6, 6.07) is 0.0272. The average Bonchev–Trinajstić information content (AvgIpc) is 2.66. The van der Waals surface area contributed by atoms with Crippen LogP contribution in [0.5, 0.6) is 0 Å². The molecule has 1 aliphatic rings. The molecule has 1 saturated heterocycles. The number of hydrogen-bond donors (Lipinski definition) is 1. The van der Waals surface area contributed by atoms with E-state index in [1.165, 1.54) is 38.8 Å². The minimum Gasteiger partial charge on any atom is -0.349 e. The molecule has 124 valence electrons. The van der Waals surface area contributed by atoms with Crippen molar-refractivity contribution in [2.24, 2.45) is 7.05 Å². The smallest absolute Gasteiger partial charge is 0.220 e. The third kappa shape index (κ3) is 5.13. The van der Waals surface area contributed by atoms with Crippen LogP contribution < -0.4 is 5.32 Å². The van der Waals surface area contributed by atoms with Crippen LogP contribution in [-0.4, -0.2) is 40.2 Å². The lowest BCUT2D eigenvalue weighted by Crippen LogP contribution is -2.29. The van der Waals surface area contributed by atoms with Crippen molar-refractivity contribution in [2.75, 3.05) is 19.6 Å². The van der Waals surface area contributed by atoms with E-state index in [1.807, 2.05) is 27.1 Å². The van der Waals surface area contributed by atoms with Gasteiger partial charge in [0.15, 0.2) is 0 Å². The summed E-state index contributed by atoms with van der Waals surface area (Å²) in [7, 11) is 1.91. The SMILES string of the molecule is Cc1nn(C)cc1[C@@H](C)NC(=O)CCCN1CCCCCC1. The molecule has 1 amide bonds. The lowest BCUT2D eigenvalue weighted by atomic mass is 10.1. The van der Waals surface area contributed by atoms with Crippen molar-refractivity contribution < 1.29 is 4.79 Å². The number of carbonyl (C=O) groups is 1. The van der Waals surface area contributed by atoms with Gasteiger partial charge in [0.1, 0.15) is 0 Å². The van der Waals surface area contributed by atoms with Gasteiger partial charge in [-0.3, -0.25) is 9.48 Å². The van der Waals surface area contributed by atoms with Crippen LogP contribution in [0, 0.1) is 6.92 Å². The van der Waals surface area contributed by atoms with Gasteiger partial charge in [0.2, 0.25) is 5.91 Å². The second-order valence-electron chi connectivity index (χ2n) is 6.49. The molecule has 5 nitrogen and oxygen atoms in total. The molecule has 0 aliphatic carbocycles. The number of aryl methyl sites for hydroxylation is 2. The largest absolute Gasteiger partial charge is 0.349 e. The highest BCUT2D eigenvalue weighted by molar-refractivity contribution is 5.76. The second-order valence-corrected chi connectivity index (χ2v) is 6.49. The standard InChI is InChI=1S/C17H30N4O/c1-14(16-13-20(3)19-15(16)2)18-17(22)9-8-12-21-10-6-4-5-7-11-21/h13-14H,4-12H2,1-3H3,(H,18,22)/t14-/m1/s1. The van der Waals surface area contributed by atoms with Crippen molar-refractivity contribution in [3.63, 3.8) is 0 Å². The molecule has 1 aromatic heterocycles. The molecule has 2 heterocycles. The predicted molar refractivity (Wildman–Crippen MR) is 88.6 cm³/mol. The molecule has 0 aromatic carbocycles. The fourth-order valence-corrected chi connectivity index (χ4v) is 3.26. The summed E-state index contributed by atoms with van der Waals surface area (Å²) in [5.41, 5.74) is 2.09. The van der Waals surface area contributed by atoms with Gasteiger partial charge in [0, 0.05) is 25.2 Å². The Bertz CT molecular complexity index is 475. The number of likely N-dealkylation sites (tertiary alicyclic amines) is 1. The van der Waals surface area contributed by atoms with E-state index in [0.717, 1.165) is 24.2 Å². The van der Waals surface area contributed by atoms with E-state index in [9.17, 15) is 4.79 Å². The minimum absolute atomic E-state index is 0.0272. The average molecular weight is 306 g/mol. The van der Waals surface area contributed by atoms with Gasteiger partial charge >= 0.3 is 0 Å². The third-order valence-electron chi connectivity index (χ3n) is 4.47. The Hall–Kier alpha value is -1.36. The first-order valence-electron chi connectivity index (χ1n) is 8.58. The highest BCUT2D eigenvalue weighted by Gasteiger charge is 2.15. The Morgan fingerprint density at radius 1 is 1.32 bits per heavy atom. The van der Waals surface area contributed by atoms with Gasteiger partial charge in [-0.2, -0.15) is 5.10 Å². The van der Waals surface area contributed by atoms with Gasteiger partial charge in [-0.05, 0) is 52.7 Å². The van der Waals surface area contributed by atoms with Crippen LogP contribution in [0.2, 0.25) is 0 Å². The van der Waals surface area contributed by atoms with E-state index in [-0.39, 0.29) is 11.9 Å². The number of amides is 1. The summed E-state index contributed by atoms with van der Waals surface area (Å²) in [4.78, 5) is 14.6. The van der Waals surface area contributed by atoms with E-state index in [4.69, 9.17) is 0 Å². The van der Waals surface area contributed by atoms with Crippen LogP contribution in [-0.2, 0) is 11.8 Å². The van der Waals surface area contributed by atoms with Crippen LogP contribution in [0.15, 0.2) is 6.20 Å². The number of hydrogen-bond acceptors (Lipinski definition) is 3. The quantitative estimate of drug-likeness (QED) is 0.879. The first kappa shape index (κ1) is 17.0. The molecule has 0 spiro atoms. The van der Waals surface area contributed by atoms with Gasteiger partial charge in [-0.15, -0.1) is 0 Å². The maximum absolute atomic E-state index is 12.1. The molecule has 1 aliphatic heterocycles. The summed E-state index contributed by atoms with van der Waals surface area (Å²) in [6.07, 6.45) is 8.88. The second kappa shape index (κ2) is 8.32. The number of aromatic nitrogens is 2. The molecule has 0 radical (unpaired) electrons. The fourth-order valence-electron chi connectivity index (χ4n) is 3.26. The van der Waals surface area contributed by atoms with Crippen molar-refractivity contribution in [1.82, 2.24) is 20.0 Å². The van der Waals surface area contributed by atoms with Gasteiger partial charge in [0.05, 0.1) is 11.7 Å². The zero-order chi connectivity index (χ0) is 15.9. The summed E-state index contributed by atoms with van der Waals surface area (Å²) < 4.78 is 1.80. The number of nitrogens with zero attached hydrogens (tertiary/aromatic N) is 3. The molecule has 1 atom stereocenters. The van der Waals surface area contributed by atoms with Crippen molar-refractivity contribution in [3.05, 3.63) is 17.5 Å². The number of nitrogens with one attached hydrogen (secondary N) is 1.